The molecule has 3 heteroatoms. The van der Waals surface area contributed by atoms with Gasteiger partial charge in [0, 0.05) is 12.5 Å². The van der Waals surface area contributed by atoms with Crippen molar-refractivity contribution in [3.05, 3.63) is 0 Å². The monoisotopic (exact) mass is 153 g/mol. The maximum Gasteiger partial charge on any atom is 0.107 e. The van der Waals surface area contributed by atoms with Gasteiger partial charge in [-0.25, -0.2) is 0 Å². The molecule has 1 heterocycles. The predicted octanol–water partition coefficient (Wildman–Crippen LogP) is 0.0976. The minimum Gasteiger partial charge on any atom is -0.316 e. The van der Waals surface area contributed by atoms with E-state index in [0.717, 1.165) is 19.5 Å². The molecule has 2 unspecified atom stereocenters. The van der Waals surface area contributed by atoms with Crippen molar-refractivity contribution in [1.29, 1.82) is 5.26 Å². The first-order chi connectivity index (χ1) is 5.23. The number of nitriles is 1. The van der Waals surface area contributed by atoms with Crippen molar-refractivity contribution in [3.8, 4) is 6.07 Å². The van der Waals surface area contributed by atoms with Crippen LogP contribution in [0.25, 0.3) is 0 Å². The minimum absolute atomic E-state index is 0.344. The van der Waals surface area contributed by atoms with E-state index in [-0.39, 0.29) is 5.54 Å². The lowest BCUT2D eigenvalue weighted by Gasteiger charge is -2.27. The Hall–Kier alpha value is -0.590. The van der Waals surface area contributed by atoms with Crippen LogP contribution in [0, 0.1) is 17.2 Å². The van der Waals surface area contributed by atoms with Gasteiger partial charge in [0.15, 0.2) is 0 Å². The molecule has 1 aliphatic heterocycles. The molecule has 0 radical (unpaired) electrons. The quantitative estimate of drug-likeness (QED) is 0.591. The lowest BCUT2D eigenvalue weighted by Crippen LogP contribution is -2.46. The molecule has 62 valence electrons. The molecule has 1 aliphatic rings. The highest BCUT2D eigenvalue weighted by atomic mass is 15.0. The SMILES string of the molecule is CNC(C)(C#N)C1CCNC1. The van der Waals surface area contributed by atoms with Crippen molar-refractivity contribution in [2.24, 2.45) is 5.92 Å². The highest BCUT2D eigenvalue weighted by Gasteiger charge is 2.34. The Balaban J connectivity index is 2.61. The second kappa shape index (κ2) is 3.21. The summed E-state index contributed by atoms with van der Waals surface area (Å²) in [5.74, 6) is 0.456. The third kappa shape index (κ3) is 1.52. The molecule has 0 aliphatic carbocycles. The van der Waals surface area contributed by atoms with E-state index < -0.39 is 0 Å². The van der Waals surface area contributed by atoms with E-state index >= 15 is 0 Å². The zero-order valence-corrected chi connectivity index (χ0v) is 7.15. The van der Waals surface area contributed by atoms with Gasteiger partial charge in [0.2, 0.25) is 0 Å². The Kier molecular flexibility index (Phi) is 2.48. The molecule has 1 saturated heterocycles. The number of hydrogen-bond acceptors (Lipinski definition) is 3. The van der Waals surface area contributed by atoms with E-state index in [0.29, 0.717) is 5.92 Å². The van der Waals surface area contributed by atoms with Crippen LogP contribution in [0.3, 0.4) is 0 Å². The van der Waals surface area contributed by atoms with Crippen LogP contribution >= 0.6 is 0 Å². The average molecular weight is 153 g/mol. The molecular formula is C8H15N3. The molecule has 0 amide bonds. The normalized spacial score (nSPS) is 29.4. The van der Waals surface area contributed by atoms with Gasteiger partial charge in [-0.2, -0.15) is 5.26 Å². The Morgan fingerprint density at radius 3 is 2.82 bits per heavy atom. The van der Waals surface area contributed by atoms with E-state index in [9.17, 15) is 0 Å². The lowest BCUT2D eigenvalue weighted by atomic mass is 9.86. The van der Waals surface area contributed by atoms with Gasteiger partial charge < -0.3 is 10.6 Å². The molecule has 0 bridgehead atoms. The molecule has 0 aromatic rings. The second-order valence-electron chi connectivity index (χ2n) is 3.25. The summed E-state index contributed by atoms with van der Waals surface area (Å²) in [6, 6.07) is 2.32. The van der Waals surface area contributed by atoms with Crippen molar-refractivity contribution < 1.29 is 0 Å². The molecule has 2 atom stereocenters. The van der Waals surface area contributed by atoms with Crippen molar-refractivity contribution in [2.75, 3.05) is 20.1 Å². The fraction of sp³-hybridized carbons (Fsp3) is 0.875. The molecule has 0 saturated carbocycles. The highest BCUT2D eigenvalue weighted by molar-refractivity contribution is 5.09. The molecular weight excluding hydrogens is 138 g/mol. The Bertz CT molecular complexity index is 167. The van der Waals surface area contributed by atoms with Crippen LogP contribution in [0.1, 0.15) is 13.3 Å². The first-order valence-corrected chi connectivity index (χ1v) is 4.04. The van der Waals surface area contributed by atoms with Crippen LogP contribution in [0.2, 0.25) is 0 Å². The molecule has 0 spiro atoms. The third-order valence-corrected chi connectivity index (χ3v) is 2.63. The zero-order chi connectivity index (χ0) is 8.32. The van der Waals surface area contributed by atoms with Crippen LogP contribution in [-0.2, 0) is 0 Å². The van der Waals surface area contributed by atoms with E-state index in [1.165, 1.54) is 0 Å². The third-order valence-electron chi connectivity index (χ3n) is 2.63. The van der Waals surface area contributed by atoms with Gasteiger partial charge in [0.25, 0.3) is 0 Å². The van der Waals surface area contributed by atoms with Gasteiger partial charge in [-0.3, -0.25) is 0 Å². The maximum atomic E-state index is 8.91. The first kappa shape index (κ1) is 8.51. The maximum absolute atomic E-state index is 8.91. The van der Waals surface area contributed by atoms with Gasteiger partial charge in [-0.05, 0) is 26.9 Å². The molecule has 11 heavy (non-hydrogen) atoms. The van der Waals surface area contributed by atoms with Crippen molar-refractivity contribution in [3.63, 3.8) is 0 Å². The highest BCUT2D eigenvalue weighted by Crippen LogP contribution is 2.21. The summed E-state index contributed by atoms with van der Waals surface area (Å²) in [6.45, 7) is 3.97. The first-order valence-electron chi connectivity index (χ1n) is 4.04. The van der Waals surface area contributed by atoms with E-state index in [4.69, 9.17) is 5.26 Å². The van der Waals surface area contributed by atoms with E-state index in [2.05, 4.69) is 16.7 Å². The van der Waals surface area contributed by atoms with E-state index in [1.54, 1.807) is 0 Å². The van der Waals surface area contributed by atoms with Crippen molar-refractivity contribution in [2.45, 2.75) is 18.9 Å². The molecule has 1 rings (SSSR count). The largest absolute Gasteiger partial charge is 0.316 e. The molecule has 3 nitrogen and oxygen atoms in total. The molecule has 0 aromatic carbocycles. The summed E-state index contributed by atoms with van der Waals surface area (Å²) in [6.07, 6.45) is 1.10. The number of hydrogen-bond donors (Lipinski definition) is 2. The summed E-state index contributed by atoms with van der Waals surface area (Å²) in [7, 11) is 1.85. The van der Waals surface area contributed by atoms with Gasteiger partial charge in [-0.15, -0.1) is 0 Å². The fourth-order valence-electron chi connectivity index (χ4n) is 1.50. The summed E-state index contributed by atoms with van der Waals surface area (Å²) in [5.41, 5.74) is -0.344. The lowest BCUT2D eigenvalue weighted by molar-refractivity contribution is 0.338. The van der Waals surface area contributed by atoms with Crippen LogP contribution < -0.4 is 10.6 Å². The van der Waals surface area contributed by atoms with Gasteiger partial charge >= 0.3 is 0 Å². The number of nitrogens with one attached hydrogen (secondary N) is 2. The average Bonchev–Trinajstić information content (AvgIpc) is 2.55. The summed E-state index contributed by atoms with van der Waals surface area (Å²) < 4.78 is 0. The standard InChI is InChI=1S/C8H15N3/c1-8(6-9,10-2)7-3-4-11-5-7/h7,10-11H,3-5H2,1-2H3. The van der Waals surface area contributed by atoms with Crippen LogP contribution in [0.4, 0.5) is 0 Å². The van der Waals surface area contributed by atoms with Crippen LogP contribution in [0.5, 0.6) is 0 Å². The smallest absolute Gasteiger partial charge is 0.107 e. The van der Waals surface area contributed by atoms with Gasteiger partial charge in [0.1, 0.15) is 5.54 Å². The predicted molar refractivity (Wildman–Crippen MR) is 44.1 cm³/mol. The Morgan fingerprint density at radius 1 is 1.73 bits per heavy atom. The minimum atomic E-state index is -0.344. The van der Waals surface area contributed by atoms with Crippen molar-refractivity contribution >= 4 is 0 Å². The van der Waals surface area contributed by atoms with Gasteiger partial charge in [-0.1, -0.05) is 0 Å². The topological polar surface area (TPSA) is 47.9 Å². The van der Waals surface area contributed by atoms with Crippen LogP contribution in [0.15, 0.2) is 0 Å². The second-order valence-corrected chi connectivity index (χ2v) is 3.25. The van der Waals surface area contributed by atoms with Gasteiger partial charge in [0.05, 0.1) is 6.07 Å². The van der Waals surface area contributed by atoms with E-state index in [1.807, 2.05) is 14.0 Å². The molecule has 2 N–H and O–H groups in total. The Labute approximate surface area is 67.8 Å². The number of rotatable bonds is 2. The van der Waals surface area contributed by atoms with Crippen LogP contribution in [-0.4, -0.2) is 25.7 Å². The summed E-state index contributed by atoms with van der Waals surface area (Å²) in [4.78, 5) is 0. The zero-order valence-electron chi connectivity index (χ0n) is 7.15. The van der Waals surface area contributed by atoms with Crippen molar-refractivity contribution in [1.82, 2.24) is 10.6 Å². The summed E-state index contributed by atoms with van der Waals surface area (Å²) in [5, 5.41) is 15.2. The summed E-state index contributed by atoms with van der Waals surface area (Å²) >= 11 is 0. The molecule has 1 fully saturated rings. The number of nitrogens with zero attached hydrogens (tertiary/aromatic N) is 1. The fourth-order valence-corrected chi connectivity index (χ4v) is 1.50. The Morgan fingerprint density at radius 2 is 2.45 bits per heavy atom. The molecule has 0 aromatic heterocycles.